The highest BCUT2D eigenvalue weighted by molar-refractivity contribution is 5.89. The summed E-state index contributed by atoms with van der Waals surface area (Å²) < 4.78 is 0. The van der Waals surface area contributed by atoms with Crippen LogP contribution in [-0.4, -0.2) is 11.1 Å². The minimum absolute atomic E-state index is 0.382. The first-order valence-electron chi connectivity index (χ1n) is 5.82. The van der Waals surface area contributed by atoms with Gasteiger partial charge in [-0.3, -0.25) is 0 Å². The highest BCUT2D eigenvalue weighted by Crippen LogP contribution is 2.13. The van der Waals surface area contributed by atoms with E-state index in [0.29, 0.717) is 12.0 Å². The minimum atomic E-state index is -0.872. The normalized spacial score (nSPS) is 10.2. The van der Waals surface area contributed by atoms with Gasteiger partial charge in [0.1, 0.15) is 0 Å². The summed E-state index contributed by atoms with van der Waals surface area (Å²) in [5, 5.41) is 9.08. The van der Waals surface area contributed by atoms with Crippen molar-refractivity contribution in [2.24, 2.45) is 0 Å². The van der Waals surface area contributed by atoms with Gasteiger partial charge in [0.05, 0.1) is 5.56 Å². The summed E-state index contributed by atoms with van der Waals surface area (Å²) in [6, 6.07) is 14.8. The predicted octanol–water partition coefficient (Wildman–Crippen LogP) is 2.75. The second-order valence-electron chi connectivity index (χ2n) is 4.20. The van der Waals surface area contributed by atoms with Crippen molar-refractivity contribution >= 4 is 11.7 Å². The minimum Gasteiger partial charge on any atom is -0.478 e. The van der Waals surface area contributed by atoms with Crippen LogP contribution in [0.2, 0.25) is 0 Å². The van der Waals surface area contributed by atoms with E-state index in [4.69, 9.17) is 10.8 Å². The number of nitrogens with two attached hydrogens (primary N) is 1. The zero-order valence-corrected chi connectivity index (χ0v) is 9.97. The SMILES string of the molecule is Nc1ccc(CCc2ccccc2C(=O)O)cc1. The molecular weight excluding hydrogens is 226 g/mol. The van der Waals surface area contributed by atoms with Gasteiger partial charge in [-0.05, 0) is 42.2 Å². The van der Waals surface area contributed by atoms with Crippen LogP contribution in [0.3, 0.4) is 0 Å². The first kappa shape index (κ1) is 12.2. The summed E-state index contributed by atoms with van der Waals surface area (Å²) in [5.41, 5.74) is 8.76. The zero-order valence-electron chi connectivity index (χ0n) is 9.97. The number of hydrogen-bond acceptors (Lipinski definition) is 2. The van der Waals surface area contributed by atoms with E-state index in [1.165, 1.54) is 0 Å². The van der Waals surface area contributed by atoms with E-state index < -0.39 is 5.97 Å². The van der Waals surface area contributed by atoms with Gasteiger partial charge in [-0.1, -0.05) is 30.3 Å². The molecule has 0 aromatic heterocycles. The van der Waals surface area contributed by atoms with Crippen molar-refractivity contribution in [3.63, 3.8) is 0 Å². The van der Waals surface area contributed by atoms with Crippen molar-refractivity contribution in [1.82, 2.24) is 0 Å². The summed E-state index contributed by atoms with van der Waals surface area (Å²) >= 11 is 0. The molecular formula is C15H15NO2. The smallest absolute Gasteiger partial charge is 0.335 e. The second kappa shape index (κ2) is 5.36. The number of hydrogen-bond donors (Lipinski definition) is 2. The standard InChI is InChI=1S/C15H15NO2/c16-13-9-6-11(7-10-13)5-8-12-3-1-2-4-14(12)15(17)18/h1-4,6-7,9-10H,5,8,16H2,(H,17,18). The number of benzene rings is 2. The van der Waals surface area contributed by atoms with Crippen molar-refractivity contribution in [3.05, 3.63) is 65.2 Å². The Morgan fingerprint density at radius 3 is 2.33 bits per heavy atom. The molecule has 0 amide bonds. The fraction of sp³-hybridized carbons (Fsp3) is 0.133. The van der Waals surface area contributed by atoms with Crippen LogP contribution in [0.25, 0.3) is 0 Å². The van der Waals surface area contributed by atoms with Gasteiger partial charge in [0.25, 0.3) is 0 Å². The molecule has 0 saturated carbocycles. The Morgan fingerprint density at radius 1 is 1.00 bits per heavy atom. The highest BCUT2D eigenvalue weighted by atomic mass is 16.4. The molecule has 3 nitrogen and oxygen atoms in total. The lowest BCUT2D eigenvalue weighted by Gasteiger charge is -2.06. The molecule has 0 bridgehead atoms. The number of nitrogen functional groups attached to an aromatic ring is 1. The molecule has 3 N–H and O–H groups in total. The first-order valence-corrected chi connectivity index (χ1v) is 5.82. The Morgan fingerprint density at radius 2 is 1.67 bits per heavy atom. The molecule has 0 aliphatic rings. The molecule has 0 fully saturated rings. The van der Waals surface area contributed by atoms with Gasteiger partial charge in [-0.15, -0.1) is 0 Å². The third-order valence-corrected chi connectivity index (χ3v) is 2.91. The molecule has 2 rings (SSSR count). The molecule has 92 valence electrons. The molecule has 18 heavy (non-hydrogen) atoms. The summed E-state index contributed by atoms with van der Waals surface area (Å²) in [6.07, 6.45) is 1.52. The maximum Gasteiger partial charge on any atom is 0.335 e. The Labute approximate surface area is 106 Å². The summed E-state index contributed by atoms with van der Waals surface area (Å²) in [6.45, 7) is 0. The van der Waals surface area contributed by atoms with Gasteiger partial charge in [0.2, 0.25) is 0 Å². The molecule has 0 saturated heterocycles. The molecule has 0 aliphatic heterocycles. The van der Waals surface area contributed by atoms with E-state index in [2.05, 4.69) is 0 Å². The van der Waals surface area contributed by atoms with Crippen molar-refractivity contribution in [2.75, 3.05) is 5.73 Å². The van der Waals surface area contributed by atoms with Crippen molar-refractivity contribution in [2.45, 2.75) is 12.8 Å². The van der Waals surface area contributed by atoms with Gasteiger partial charge >= 0.3 is 5.97 Å². The lowest BCUT2D eigenvalue weighted by molar-refractivity contribution is 0.0695. The Hall–Kier alpha value is -2.29. The summed E-state index contributed by atoms with van der Waals surface area (Å²) in [5.74, 6) is -0.872. The first-order chi connectivity index (χ1) is 8.66. The number of carboxylic acid groups (broad SMARTS) is 1. The van der Waals surface area contributed by atoms with E-state index in [0.717, 1.165) is 23.2 Å². The van der Waals surface area contributed by atoms with Crippen molar-refractivity contribution in [1.29, 1.82) is 0 Å². The van der Waals surface area contributed by atoms with Gasteiger partial charge in [0, 0.05) is 5.69 Å². The Balaban J connectivity index is 2.10. The third-order valence-electron chi connectivity index (χ3n) is 2.91. The molecule has 0 aliphatic carbocycles. The second-order valence-corrected chi connectivity index (χ2v) is 4.20. The van der Waals surface area contributed by atoms with Crippen LogP contribution in [0.1, 0.15) is 21.5 Å². The third kappa shape index (κ3) is 2.88. The predicted molar refractivity (Wildman–Crippen MR) is 71.7 cm³/mol. The van der Waals surface area contributed by atoms with E-state index in [-0.39, 0.29) is 0 Å². The van der Waals surface area contributed by atoms with E-state index in [1.54, 1.807) is 12.1 Å². The largest absolute Gasteiger partial charge is 0.478 e. The number of carbonyl (C=O) groups is 1. The van der Waals surface area contributed by atoms with Crippen LogP contribution in [0.15, 0.2) is 48.5 Å². The number of aryl methyl sites for hydroxylation is 2. The van der Waals surface area contributed by atoms with Crippen LogP contribution < -0.4 is 5.73 Å². The lowest BCUT2D eigenvalue weighted by Crippen LogP contribution is -2.03. The van der Waals surface area contributed by atoms with E-state index in [1.807, 2.05) is 36.4 Å². The van der Waals surface area contributed by atoms with Crippen LogP contribution in [-0.2, 0) is 12.8 Å². The summed E-state index contributed by atoms with van der Waals surface area (Å²) in [7, 11) is 0. The van der Waals surface area contributed by atoms with E-state index in [9.17, 15) is 4.79 Å². The van der Waals surface area contributed by atoms with E-state index >= 15 is 0 Å². The average Bonchev–Trinajstić information content (AvgIpc) is 2.38. The fourth-order valence-corrected chi connectivity index (χ4v) is 1.91. The van der Waals surface area contributed by atoms with Crippen LogP contribution in [0.4, 0.5) is 5.69 Å². The van der Waals surface area contributed by atoms with Crippen molar-refractivity contribution < 1.29 is 9.90 Å². The molecule has 2 aromatic carbocycles. The number of aromatic carboxylic acids is 1. The Kier molecular flexibility index (Phi) is 3.63. The summed E-state index contributed by atoms with van der Waals surface area (Å²) in [4.78, 5) is 11.1. The fourth-order valence-electron chi connectivity index (χ4n) is 1.91. The van der Waals surface area contributed by atoms with Crippen LogP contribution >= 0.6 is 0 Å². The molecule has 0 radical (unpaired) electrons. The van der Waals surface area contributed by atoms with Gasteiger partial charge in [0.15, 0.2) is 0 Å². The van der Waals surface area contributed by atoms with Crippen LogP contribution in [0.5, 0.6) is 0 Å². The molecule has 0 heterocycles. The number of carboxylic acids is 1. The number of anilines is 1. The van der Waals surface area contributed by atoms with Gasteiger partial charge in [-0.2, -0.15) is 0 Å². The topological polar surface area (TPSA) is 63.3 Å². The average molecular weight is 241 g/mol. The molecule has 2 aromatic rings. The number of rotatable bonds is 4. The van der Waals surface area contributed by atoms with Crippen molar-refractivity contribution in [3.8, 4) is 0 Å². The van der Waals surface area contributed by atoms with Gasteiger partial charge < -0.3 is 10.8 Å². The highest BCUT2D eigenvalue weighted by Gasteiger charge is 2.08. The molecule has 3 heteroatoms. The van der Waals surface area contributed by atoms with Crippen LogP contribution in [0, 0.1) is 0 Å². The molecule has 0 atom stereocenters. The molecule has 0 spiro atoms. The monoisotopic (exact) mass is 241 g/mol. The Bertz CT molecular complexity index is 547. The molecule has 0 unspecified atom stereocenters. The quantitative estimate of drug-likeness (QED) is 0.809. The van der Waals surface area contributed by atoms with Gasteiger partial charge in [-0.25, -0.2) is 4.79 Å². The maximum atomic E-state index is 11.1. The lowest BCUT2D eigenvalue weighted by atomic mass is 10.00. The maximum absolute atomic E-state index is 11.1. The zero-order chi connectivity index (χ0) is 13.0.